The van der Waals surface area contributed by atoms with Crippen molar-refractivity contribution < 1.29 is 19.0 Å². The number of carbonyl (C=O) groups excluding carboxylic acids is 1. The zero-order chi connectivity index (χ0) is 16.4. The molecule has 0 radical (unpaired) electrons. The van der Waals surface area contributed by atoms with Crippen LogP contribution in [0.5, 0.6) is 0 Å². The van der Waals surface area contributed by atoms with Crippen molar-refractivity contribution in [3.63, 3.8) is 0 Å². The summed E-state index contributed by atoms with van der Waals surface area (Å²) in [7, 11) is 0. The van der Waals surface area contributed by atoms with Crippen molar-refractivity contribution in [3.8, 4) is 0 Å². The smallest absolute Gasteiger partial charge is 0.330 e. The summed E-state index contributed by atoms with van der Waals surface area (Å²) in [6.45, 7) is 13.3. The molecule has 126 valence electrons. The number of hydrogen-bond acceptors (Lipinski definition) is 4. The molecule has 1 fully saturated rings. The van der Waals surface area contributed by atoms with Crippen molar-refractivity contribution in [2.24, 2.45) is 5.92 Å². The van der Waals surface area contributed by atoms with E-state index in [1.807, 2.05) is 6.08 Å². The van der Waals surface area contributed by atoms with Crippen LogP contribution >= 0.6 is 0 Å². The van der Waals surface area contributed by atoms with E-state index in [1.54, 1.807) is 0 Å². The van der Waals surface area contributed by atoms with Gasteiger partial charge in [-0.2, -0.15) is 0 Å². The molecule has 0 saturated carbocycles. The lowest BCUT2D eigenvalue weighted by atomic mass is 9.91. The molecule has 1 heterocycles. The Labute approximate surface area is 134 Å². The van der Waals surface area contributed by atoms with Gasteiger partial charge < -0.3 is 14.2 Å². The van der Waals surface area contributed by atoms with Gasteiger partial charge >= 0.3 is 5.97 Å². The van der Waals surface area contributed by atoms with Crippen LogP contribution < -0.4 is 0 Å². The highest BCUT2D eigenvalue weighted by atomic mass is 16.5. The first kappa shape index (κ1) is 18.9. The molecular formula is C18H30O4. The van der Waals surface area contributed by atoms with Crippen LogP contribution in [0.15, 0.2) is 25.3 Å². The predicted octanol–water partition coefficient (Wildman–Crippen LogP) is 3.66. The van der Waals surface area contributed by atoms with Crippen LogP contribution in [-0.2, 0) is 19.0 Å². The molecular weight excluding hydrogens is 280 g/mol. The minimum atomic E-state index is -0.387. The predicted molar refractivity (Wildman–Crippen MR) is 87.7 cm³/mol. The van der Waals surface area contributed by atoms with Crippen molar-refractivity contribution in [2.45, 2.75) is 57.7 Å². The van der Waals surface area contributed by atoms with E-state index in [-0.39, 0.29) is 11.6 Å². The van der Waals surface area contributed by atoms with Gasteiger partial charge in [0.2, 0.25) is 0 Å². The Morgan fingerprint density at radius 3 is 2.82 bits per heavy atom. The summed E-state index contributed by atoms with van der Waals surface area (Å²) in [6.07, 6.45) is 7.76. The minimum absolute atomic E-state index is 0.301. The molecule has 1 rings (SSSR count). The Morgan fingerprint density at radius 1 is 1.45 bits per heavy atom. The van der Waals surface area contributed by atoms with E-state index in [9.17, 15) is 4.79 Å². The monoisotopic (exact) mass is 310 g/mol. The summed E-state index contributed by atoms with van der Waals surface area (Å²) < 4.78 is 17.0. The molecule has 0 N–H and O–H groups in total. The van der Waals surface area contributed by atoms with E-state index in [0.29, 0.717) is 25.0 Å². The van der Waals surface area contributed by atoms with Crippen LogP contribution in [-0.4, -0.2) is 37.5 Å². The topological polar surface area (TPSA) is 44.8 Å². The quantitative estimate of drug-likeness (QED) is 0.351. The second-order valence-electron chi connectivity index (χ2n) is 6.03. The molecule has 1 aliphatic heterocycles. The second-order valence-corrected chi connectivity index (χ2v) is 6.03. The normalized spacial score (nSPS) is 24.3. The van der Waals surface area contributed by atoms with Gasteiger partial charge in [-0.1, -0.05) is 19.6 Å². The van der Waals surface area contributed by atoms with Gasteiger partial charge in [-0.25, -0.2) is 4.79 Å². The molecule has 3 unspecified atom stereocenters. The van der Waals surface area contributed by atoms with Crippen LogP contribution in [0.2, 0.25) is 0 Å². The van der Waals surface area contributed by atoms with Crippen molar-refractivity contribution in [3.05, 3.63) is 25.3 Å². The summed E-state index contributed by atoms with van der Waals surface area (Å²) in [5.74, 6) is 0.150. The number of ether oxygens (including phenoxy) is 3. The number of carbonyl (C=O) groups is 1. The fourth-order valence-corrected chi connectivity index (χ4v) is 2.85. The number of rotatable bonds is 10. The molecule has 1 aliphatic rings. The second kappa shape index (κ2) is 9.80. The van der Waals surface area contributed by atoms with E-state index in [1.165, 1.54) is 6.08 Å². The minimum Gasteiger partial charge on any atom is -0.462 e. The highest BCUT2D eigenvalue weighted by Crippen LogP contribution is 2.29. The van der Waals surface area contributed by atoms with Crippen molar-refractivity contribution in [1.29, 1.82) is 0 Å². The SMILES string of the molecule is C=CCC(CC)(CCOC(=O)C=C)OCC1CCOC(C)C1. The van der Waals surface area contributed by atoms with Crippen LogP contribution in [0, 0.1) is 5.92 Å². The molecule has 0 aromatic rings. The summed E-state index contributed by atoms with van der Waals surface area (Å²) in [6, 6.07) is 0. The molecule has 1 saturated heterocycles. The molecule has 0 bridgehead atoms. The van der Waals surface area contributed by atoms with E-state index in [0.717, 1.165) is 38.9 Å². The highest BCUT2D eigenvalue weighted by Gasteiger charge is 2.30. The van der Waals surface area contributed by atoms with Crippen LogP contribution in [0.3, 0.4) is 0 Å². The van der Waals surface area contributed by atoms with Gasteiger partial charge in [0.15, 0.2) is 0 Å². The van der Waals surface area contributed by atoms with E-state index < -0.39 is 0 Å². The fourth-order valence-electron chi connectivity index (χ4n) is 2.85. The van der Waals surface area contributed by atoms with E-state index in [4.69, 9.17) is 14.2 Å². The standard InChI is InChI=1S/C18H30O4/c1-5-9-18(7-3,10-12-21-17(19)6-2)22-14-16-8-11-20-15(4)13-16/h5-6,15-16H,1-2,7-14H2,3-4H3. The Morgan fingerprint density at radius 2 is 2.23 bits per heavy atom. The van der Waals surface area contributed by atoms with Crippen LogP contribution in [0.25, 0.3) is 0 Å². The molecule has 4 heteroatoms. The Hall–Kier alpha value is -1.13. The molecule has 4 nitrogen and oxygen atoms in total. The maximum Gasteiger partial charge on any atom is 0.330 e. The summed E-state index contributed by atoms with van der Waals surface area (Å²) in [5, 5.41) is 0. The molecule has 0 spiro atoms. The lowest BCUT2D eigenvalue weighted by Crippen LogP contribution is -2.36. The number of hydrogen-bond donors (Lipinski definition) is 0. The van der Waals surface area contributed by atoms with Crippen molar-refractivity contribution in [2.75, 3.05) is 19.8 Å². The van der Waals surface area contributed by atoms with Gasteiger partial charge in [-0.05, 0) is 38.5 Å². The third kappa shape index (κ3) is 6.32. The average Bonchev–Trinajstić information content (AvgIpc) is 2.52. The first-order valence-corrected chi connectivity index (χ1v) is 8.21. The van der Waals surface area contributed by atoms with Gasteiger partial charge in [0, 0.05) is 19.1 Å². The molecule has 22 heavy (non-hydrogen) atoms. The molecule has 0 aliphatic carbocycles. The van der Waals surface area contributed by atoms with Gasteiger partial charge in [-0.3, -0.25) is 0 Å². The fraction of sp³-hybridized carbons (Fsp3) is 0.722. The summed E-state index contributed by atoms with van der Waals surface area (Å²) in [5.41, 5.74) is -0.301. The lowest BCUT2D eigenvalue weighted by Gasteiger charge is -2.35. The first-order valence-electron chi connectivity index (χ1n) is 8.21. The first-order chi connectivity index (χ1) is 10.5. The van der Waals surface area contributed by atoms with Crippen molar-refractivity contribution in [1.82, 2.24) is 0 Å². The van der Waals surface area contributed by atoms with Gasteiger partial charge in [-0.15, -0.1) is 6.58 Å². The van der Waals surface area contributed by atoms with Crippen LogP contribution in [0.1, 0.15) is 46.0 Å². The third-order valence-electron chi connectivity index (χ3n) is 4.35. The van der Waals surface area contributed by atoms with Gasteiger partial charge in [0.05, 0.1) is 24.9 Å². The zero-order valence-corrected chi connectivity index (χ0v) is 14.0. The Kier molecular flexibility index (Phi) is 8.43. The molecule has 0 amide bonds. The van der Waals surface area contributed by atoms with Gasteiger partial charge in [0.25, 0.3) is 0 Å². The maximum absolute atomic E-state index is 11.2. The zero-order valence-electron chi connectivity index (χ0n) is 14.0. The van der Waals surface area contributed by atoms with E-state index >= 15 is 0 Å². The van der Waals surface area contributed by atoms with Crippen molar-refractivity contribution >= 4 is 5.97 Å². The maximum atomic E-state index is 11.2. The lowest BCUT2D eigenvalue weighted by molar-refractivity contribution is -0.141. The summed E-state index contributed by atoms with van der Waals surface area (Å²) in [4.78, 5) is 11.2. The summed E-state index contributed by atoms with van der Waals surface area (Å²) >= 11 is 0. The largest absolute Gasteiger partial charge is 0.462 e. The molecule has 0 aromatic heterocycles. The highest BCUT2D eigenvalue weighted by molar-refractivity contribution is 5.81. The van der Waals surface area contributed by atoms with E-state index in [2.05, 4.69) is 27.0 Å². The third-order valence-corrected chi connectivity index (χ3v) is 4.35. The Balaban J connectivity index is 2.51. The Bertz CT molecular complexity index is 366. The van der Waals surface area contributed by atoms with Gasteiger partial charge in [0.1, 0.15) is 0 Å². The molecule has 3 atom stereocenters. The van der Waals surface area contributed by atoms with Crippen LogP contribution in [0.4, 0.5) is 0 Å². The average molecular weight is 310 g/mol. The molecule has 0 aromatic carbocycles. The number of esters is 1.